The lowest BCUT2D eigenvalue weighted by Gasteiger charge is -2.18. The number of H-pyrrole nitrogens is 1. The number of aromatic amines is 1. The Hall–Kier alpha value is -3.67. The summed E-state index contributed by atoms with van der Waals surface area (Å²) in [5.41, 5.74) is 6.52. The zero-order chi connectivity index (χ0) is 22.8. The molecule has 3 N–H and O–H groups in total. The van der Waals surface area contributed by atoms with Gasteiger partial charge in [0, 0.05) is 0 Å². The maximum Gasteiger partial charge on any atom is 0.161 e. The lowest BCUT2D eigenvalue weighted by Crippen LogP contribution is -1.97. The van der Waals surface area contributed by atoms with Crippen LogP contribution in [0.4, 0.5) is 0 Å². The van der Waals surface area contributed by atoms with Gasteiger partial charge in [-0.15, -0.1) is 0 Å². The summed E-state index contributed by atoms with van der Waals surface area (Å²) in [4.78, 5) is 16.1. The second-order valence-electron chi connectivity index (χ2n) is 8.28. The Morgan fingerprint density at radius 2 is 1.94 bits per heavy atom. The van der Waals surface area contributed by atoms with Gasteiger partial charge in [0.25, 0.3) is 0 Å². The minimum Gasteiger partial charge on any atom is -0.507 e. The Kier molecular flexibility index (Phi) is 5.95. The number of phenols is 2. The van der Waals surface area contributed by atoms with Crippen molar-refractivity contribution in [1.29, 1.82) is 0 Å². The summed E-state index contributed by atoms with van der Waals surface area (Å²) in [5.74, 6) is 0.550. The van der Waals surface area contributed by atoms with Crippen LogP contribution >= 0.6 is 0 Å². The SMILES string of the molecule is C=C(C)c1ccc(C)cc1-c1c(O)cc(CCCCC)c(-c2nc3cncnc3[nH]2)c1O. The number of fused-ring (bicyclic) bond motifs is 1. The topological polar surface area (TPSA) is 94.9 Å². The maximum absolute atomic E-state index is 11.6. The van der Waals surface area contributed by atoms with Crippen molar-refractivity contribution in [3.05, 3.63) is 60.1 Å². The van der Waals surface area contributed by atoms with Crippen LogP contribution in [-0.4, -0.2) is 30.1 Å². The van der Waals surface area contributed by atoms with Crippen molar-refractivity contribution in [3.8, 4) is 34.0 Å². The van der Waals surface area contributed by atoms with Crippen molar-refractivity contribution >= 4 is 16.7 Å². The van der Waals surface area contributed by atoms with Gasteiger partial charge in [-0.2, -0.15) is 0 Å². The monoisotopic (exact) mass is 428 g/mol. The van der Waals surface area contributed by atoms with Gasteiger partial charge in [0.15, 0.2) is 5.65 Å². The van der Waals surface area contributed by atoms with Gasteiger partial charge >= 0.3 is 0 Å². The number of phenolic OH excluding ortho intramolecular Hbond substituents is 2. The summed E-state index contributed by atoms with van der Waals surface area (Å²) in [7, 11) is 0. The molecule has 0 radical (unpaired) electrons. The van der Waals surface area contributed by atoms with E-state index in [1.165, 1.54) is 6.33 Å². The average molecular weight is 429 g/mol. The number of imidazole rings is 1. The predicted molar refractivity (Wildman–Crippen MR) is 129 cm³/mol. The van der Waals surface area contributed by atoms with Gasteiger partial charge in [0.05, 0.1) is 17.3 Å². The standard InChI is InChI=1S/C26H28N4O2/c1-5-6-7-8-17-12-21(31)23(19-11-16(4)9-10-18(19)15(2)3)24(32)22(17)26-29-20-13-27-14-28-25(20)30-26/h9-14,31-32H,2,5-8H2,1,3-4H3,(H,27,28,29,30). The molecule has 0 fully saturated rings. The molecule has 0 atom stereocenters. The van der Waals surface area contributed by atoms with Crippen LogP contribution in [0, 0.1) is 6.92 Å². The number of hydrogen-bond acceptors (Lipinski definition) is 5. The Labute approximate surface area is 187 Å². The molecule has 0 aliphatic heterocycles. The number of benzene rings is 2. The predicted octanol–water partition coefficient (Wildman–Crippen LogP) is 6.17. The molecule has 2 aromatic carbocycles. The quantitative estimate of drug-likeness (QED) is 0.306. The lowest BCUT2D eigenvalue weighted by molar-refractivity contribution is 0.453. The van der Waals surface area contributed by atoms with Gasteiger partial charge in [-0.1, -0.05) is 55.7 Å². The Bertz CT molecular complexity index is 1270. The number of aromatic hydroxyl groups is 2. The smallest absolute Gasteiger partial charge is 0.161 e. The molecule has 0 aliphatic carbocycles. The third-order valence-electron chi connectivity index (χ3n) is 5.71. The number of aromatic nitrogens is 4. The second kappa shape index (κ2) is 8.83. The molecule has 32 heavy (non-hydrogen) atoms. The van der Waals surface area contributed by atoms with Gasteiger partial charge in [-0.3, -0.25) is 0 Å². The van der Waals surface area contributed by atoms with E-state index in [2.05, 4.69) is 33.4 Å². The second-order valence-corrected chi connectivity index (χ2v) is 8.28. The van der Waals surface area contributed by atoms with Crippen molar-refractivity contribution in [1.82, 2.24) is 19.9 Å². The molecule has 4 aromatic rings. The molecule has 2 heterocycles. The van der Waals surface area contributed by atoms with Gasteiger partial charge < -0.3 is 15.2 Å². The maximum atomic E-state index is 11.6. The van der Waals surface area contributed by atoms with Crippen LogP contribution in [-0.2, 0) is 6.42 Å². The van der Waals surface area contributed by atoms with Gasteiger partial charge in [-0.05, 0) is 49.4 Å². The first-order chi connectivity index (χ1) is 15.4. The Morgan fingerprint density at radius 3 is 2.66 bits per heavy atom. The highest BCUT2D eigenvalue weighted by atomic mass is 16.3. The third-order valence-corrected chi connectivity index (χ3v) is 5.71. The first-order valence-corrected chi connectivity index (χ1v) is 10.9. The van der Waals surface area contributed by atoms with Gasteiger partial charge in [-0.25, -0.2) is 15.0 Å². The summed E-state index contributed by atoms with van der Waals surface area (Å²) in [5, 5.41) is 22.6. The molecular weight excluding hydrogens is 400 g/mol. The van der Waals surface area contributed by atoms with E-state index in [-0.39, 0.29) is 11.5 Å². The molecule has 0 saturated heterocycles. The molecule has 0 aliphatic rings. The Morgan fingerprint density at radius 1 is 1.12 bits per heavy atom. The average Bonchev–Trinajstić information content (AvgIpc) is 3.17. The van der Waals surface area contributed by atoms with Crippen LogP contribution in [0.5, 0.6) is 11.5 Å². The van der Waals surface area contributed by atoms with Crippen molar-refractivity contribution in [2.45, 2.75) is 46.5 Å². The number of rotatable bonds is 7. The number of nitrogens with one attached hydrogen (secondary N) is 1. The molecule has 0 saturated carbocycles. The minimum absolute atomic E-state index is 0.00314. The van der Waals surface area contributed by atoms with E-state index in [0.717, 1.165) is 47.1 Å². The van der Waals surface area contributed by atoms with Crippen molar-refractivity contribution in [2.24, 2.45) is 0 Å². The lowest BCUT2D eigenvalue weighted by atomic mass is 9.89. The van der Waals surface area contributed by atoms with E-state index >= 15 is 0 Å². The summed E-state index contributed by atoms with van der Waals surface area (Å²) in [6.07, 6.45) is 6.90. The van der Waals surface area contributed by atoms with Crippen LogP contribution in [0.2, 0.25) is 0 Å². The normalized spacial score (nSPS) is 11.2. The van der Waals surface area contributed by atoms with Crippen LogP contribution in [0.15, 0.2) is 43.4 Å². The van der Waals surface area contributed by atoms with E-state index in [1.807, 2.05) is 32.0 Å². The number of aryl methyl sites for hydroxylation is 2. The highest BCUT2D eigenvalue weighted by Gasteiger charge is 2.24. The van der Waals surface area contributed by atoms with Crippen LogP contribution in [0.3, 0.4) is 0 Å². The molecule has 0 amide bonds. The third kappa shape index (κ3) is 3.96. The molecule has 0 unspecified atom stereocenters. The molecule has 2 aromatic heterocycles. The van der Waals surface area contributed by atoms with E-state index in [9.17, 15) is 10.2 Å². The van der Waals surface area contributed by atoms with Crippen LogP contribution in [0.25, 0.3) is 39.3 Å². The zero-order valence-electron chi connectivity index (χ0n) is 18.7. The number of allylic oxidation sites excluding steroid dienone is 1. The zero-order valence-corrected chi connectivity index (χ0v) is 18.7. The molecule has 6 heteroatoms. The first-order valence-electron chi connectivity index (χ1n) is 10.9. The fraction of sp³-hybridized carbons (Fsp3) is 0.269. The number of hydrogen-bond donors (Lipinski definition) is 3. The molecule has 0 bridgehead atoms. The summed E-state index contributed by atoms with van der Waals surface area (Å²) in [6, 6.07) is 7.68. The highest BCUT2D eigenvalue weighted by Crippen LogP contribution is 2.47. The molecule has 4 rings (SSSR count). The highest BCUT2D eigenvalue weighted by molar-refractivity contribution is 5.92. The summed E-state index contributed by atoms with van der Waals surface area (Å²) >= 11 is 0. The number of unbranched alkanes of at least 4 members (excludes halogenated alkanes) is 2. The van der Waals surface area contributed by atoms with Crippen LogP contribution in [0.1, 0.15) is 49.8 Å². The molecule has 0 spiro atoms. The van der Waals surface area contributed by atoms with E-state index in [0.29, 0.717) is 34.5 Å². The fourth-order valence-electron chi connectivity index (χ4n) is 4.12. The van der Waals surface area contributed by atoms with Crippen molar-refractivity contribution in [3.63, 3.8) is 0 Å². The van der Waals surface area contributed by atoms with E-state index in [4.69, 9.17) is 0 Å². The molecule has 6 nitrogen and oxygen atoms in total. The summed E-state index contributed by atoms with van der Waals surface area (Å²) in [6.45, 7) is 10.1. The minimum atomic E-state index is -0.00314. The van der Waals surface area contributed by atoms with E-state index < -0.39 is 0 Å². The molecular formula is C26H28N4O2. The van der Waals surface area contributed by atoms with Crippen molar-refractivity contribution < 1.29 is 10.2 Å². The first kappa shape index (κ1) is 21.6. The molecule has 164 valence electrons. The Balaban J connectivity index is 1.99. The van der Waals surface area contributed by atoms with Crippen molar-refractivity contribution in [2.75, 3.05) is 0 Å². The number of nitrogens with zero attached hydrogens (tertiary/aromatic N) is 3. The van der Waals surface area contributed by atoms with Gasteiger partial charge in [0.2, 0.25) is 0 Å². The van der Waals surface area contributed by atoms with E-state index in [1.54, 1.807) is 12.3 Å². The van der Waals surface area contributed by atoms with Gasteiger partial charge in [0.1, 0.15) is 29.2 Å². The van der Waals surface area contributed by atoms with Crippen LogP contribution < -0.4 is 0 Å². The largest absolute Gasteiger partial charge is 0.507 e. The summed E-state index contributed by atoms with van der Waals surface area (Å²) < 4.78 is 0. The fourth-order valence-corrected chi connectivity index (χ4v) is 4.12.